The molecule has 0 aliphatic heterocycles. The Balaban J connectivity index is 2.62. The number of nitrogens with two attached hydrogens (primary N) is 1. The standard InChI is InChI=1S/C12H10ClFN2O/c1-17-12-5-8(10(14)6-16-12)9-4-7(13)2-3-11(9)15/h2-6H,15H2,1H3. The number of ether oxygens (including phenoxy) is 1. The third-order valence-electron chi connectivity index (χ3n) is 2.34. The number of methoxy groups -OCH3 is 1. The van der Waals surface area contributed by atoms with Gasteiger partial charge in [0.05, 0.1) is 13.3 Å². The van der Waals surface area contributed by atoms with Crippen LogP contribution in [0, 0.1) is 5.82 Å². The topological polar surface area (TPSA) is 48.1 Å². The minimum Gasteiger partial charge on any atom is -0.481 e. The molecule has 0 radical (unpaired) electrons. The molecule has 1 aromatic heterocycles. The van der Waals surface area contributed by atoms with Gasteiger partial charge in [-0.1, -0.05) is 11.6 Å². The Morgan fingerprint density at radius 2 is 2.06 bits per heavy atom. The summed E-state index contributed by atoms with van der Waals surface area (Å²) in [4.78, 5) is 3.76. The van der Waals surface area contributed by atoms with E-state index in [9.17, 15) is 4.39 Å². The first-order valence-electron chi connectivity index (χ1n) is 4.86. The van der Waals surface area contributed by atoms with E-state index < -0.39 is 5.82 Å². The summed E-state index contributed by atoms with van der Waals surface area (Å²) in [6.45, 7) is 0. The smallest absolute Gasteiger partial charge is 0.213 e. The van der Waals surface area contributed by atoms with Gasteiger partial charge in [0.1, 0.15) is 5.82 Å². The maximum Gasteiger partial charge on any atom is 0.213 e. The Morgan fingerprint density at radius 3 is 2.76 bits per heavy atom. The molecule has 17 heavy (non-hydrogen) atoms. The molecule has 0 amide bonds. The van der Waals surface area contributed by atoms with E-state index in [0.717, 1.165) is 6.20 Å². The lowest BCUT2D eigenvalue weighted by atomic mass is 10.0. The van der Waals surface area contributed by atoms with Crippen molar-refractivity contribution < 1.29 is 9.13 Å². The average molecular weight is 253 g/mol. The quantitative estimate of drug-likeness (QED) is 0.836. The van der Waals surface area contributed by atoms with Gasteiger partial charge in [-0.25, -0.2) is 9.37 Å². The van der Waals surface area contributed by atoms with Crippen molar-refractivity contribution in [1.82, 2.24) is 4.98 Å². The molecule has 0 spiro atoms. The van der Waals surface area contributed by atoms with E-state index in [1.165, 1.54) is 13.2 Å². The normalized spacial score (nSPS) is 10.3. The van der Waals surface area contributed by atoms with Gasteiger partial charge in [-0.3, -0.25) is 0 Å². The second-order valence-electron chi connectivity index (χ2n) is 3.44. The van der Waals surface area contributed by atoms with Crippen LogP contribution in [0.5, 0.6) is 5.88 Å². The molecule has 0 aliphatic rings. The Labute approximate surface area is 103 Å². The van der Waals surface area contributed by atoms with Crippen LogP contribution in [0.25, 0.3) is 11.1 Å². The largest absolute Gasteiger partial charge is 0.481 e. The third kappa shape index (κ3) is 2.31. The molecule has 0 aliphatic carbocycles. The molecule has 1 aromatic carbocycles. The molecule has 2 rings (SSSR count). The van der Waals surface area contributed by atoms with Gasteiger partial charge in [-0.15, -0.1) is 0 Å². The van der Waals surface area contributed by atoms with Crippen LogP contribution in [0.15, 0.2) is 30.5 Å². The first-order valence-corrected chi connectivity index (χ1v) is 5.24. The first-order chi connectivity index (χ1) is 8.11. The zero-order valence-corrected chi connectivity index (χ0v) is 9.83. The summed E-state index contributed by atoms with van der Waals surface area (Å²) in [6.07, 6.45) is 1.09. The second-order valence-corrected chi connectivity index (χ2v) is 3.87. The molecule has 0 atom stereocenters. The Morgan fingerprint density at radius 1 is 1.29 bits per heavy atom. The fraction of sp³-hybridized carbons (Fsp3) is 0.0833. The maximum atomic E-state index is 13.7. The maximum absolute atomic E-state index is 13.7. The van der Waals surface area contributed by atoms with Crippen molar-refractivity contribution >= 4 is 17.3 Å². The lowest BCUT2D eigenvalue weighted by Crippen LogP contribution is -1.95. The number of hydrogen-bond acceptors (Lipinski definition) is 3. The van der Waals surface area contributed by atoms with E-state index in [2.05, 4.69) is 4.98 Å². The van der Waals surface area contributed by atoms with Gasteiger partial charge < -0.3 is 10.5 Å². The minimum absolute atomic E-state index is 0.317. The van der Waals surface area contributed by atoms with Crippen LogP contribution in [0.2, 0.25) is 5.02 Å². The molecule has 88 valence electrons. The van der Waals surface area contributed by atoms with E-state index in [-0.39, 0.29) is 0 Å². The van der Waals surface area contributed by atoms with Crippen molar-refractivity contribution in [3.8, 4) is 17.0 Å². The number of nitrogens with zero attached hydrogens (tertiary/aromatic N) is 1. The van der Waals surface area contributed by atoms with E-state index >= 15 is 0 Å². The number of hydrogen-bond donors (Lipinski definition) is 1. The predicted molar refractivity (Wildman–Crippen MR) is 65.6 cm³/mol. The van der Waals surface area contributed by atoms with Gasteiger partial charge in [0.2, 0.25) is 5.88 Å². The molecule has 0 saturated heterocycles. The van der Waals surface area contributed by atoms with Crippen LogP contribution in [-0.4, -0.2) is 12.1 Å². The number of nitrogen functional groups attached to an aromatic ring is 1. The highest BCUT2D eigenvalue weighted by atomic mass is 35.5. The van der Waals surface area contributed by atoms with E-state index in [1.807, 2.05) is 0 Å². The Kier molecular flexibility index (Phi) is 3.15. The Hall–Kier alpha value is -1.81. The summed E-state index contributed by atoms with van der Waals surface area (Å²) < 4.78 is 18.6. The van der Waals surface area contributed by atoms with Gasteiger partial charge in [0.15, 0.2) is 0 Å². The van der Waals surface area contributed by atoms with Gasteiger partial charge in [0, 0.05) is 27.9 Å². The summed E-state index contributed by atoms with van der Waals surface area (Å²) in [5.41, 5.74) is 7.08. The summed E-state index contributed by atoms with van der Waals surface area (Å²) >= 11 is 5.87. The summed E-state index contributed by atoms with van der Waals surface area (Å²) in [5.74, 6) is -0.152. The number of anilines is 1. The van der Waals surface area contributed by atoms with Crippen LogP contribution < -0.4 is 10.5 Å². The number of benzene rings is 1. The zero-order valence-electron chi connectivity index (χ0n) is 9.08. The summed E-state index contributed by atoms with van der Waals surface area (Å²) in [5, 5.41) is 0.490. The molecule has 0 fully saturated rings. The molecule has 3 nitrogen and oxygen atoms in total. The highest BCUT2D eigenvalue weighted by Crippen LogP contribution is 2.32. The van der Waals surface area contributed by atoms with Crippen molar-refractivity contribution in [2.45, 2.75) is 0 Å². The highest BCUT2D eigenvalue weighted by molar-refractivity contribution is 6.31. The SMILES string of the molecule is COc1cc(-c2cc(Cl)ccc2N)c(F)cn1. The van der Waals surface area contributed by atoms with Crippen molar-refractivity contribution in [2.75, 3.05) is 12.8 Å². The zero-order chi connectivity index (χ0) is 12.4. The lowest BCUT2D eigenvalue weighted by molar-refractivity contribution is 0.396. The van der Waals surface area contributed by atoms with Crippen molar-refractivity contribution in [3.05, 3.63) is 41.3 Å². The van der Waals surface area contributed by atoms with E-state index in [4.69, 9.17) is 22.1 Å². The first kappa shape index (κ1) is 11.7. The molecule has 0 saturated carbocycles. The van der Waals surface area contributed by atoms with Gasteiger partial charge in [-0.05, 0) is 18.2 Å². The molecule has 5 heteroatoms. The molecule has 2 N–H and O–H groups in total. The van der Waals surface area contributed by atoms with Crippen LogP contribution in [-0.2, 0) is 0 Å². The number of halogens is 2. The number of pyridine rings is 1. The van der Waals surface area contributed by atoms with Gasteiger partial charge in [0.25, 0.3) is 0 Å². The number of aromatic nitrogens is 1. The van der Waals surface area contributed by atoms with E-state index in [0.29, 0.717) is 27.7 Å². The second kappa shape index (κ2) is 4.59. The highest BCUT2D eigenvalue weighted by Gasteiger charge is 2.11. The fourth-order valence-electron chi connectivity index (χ4n) is 1.50. The Bertz CT molecular complexity index is 560. The predicted octanol–water partition coefficient (Wildman–Crippen LogP) is 3.13. The molecule has 1 heterocycles. The average Bonchev–Trinajstić information content (AvgIpc) is 2.33. The number of rotatable bonds is 2. The fourth-order valence-corrected chi connectivity index (χ4v) is 1.67. The van der Waals surface area contributed by atoms with Crippen molar-refractivity contribution in [2.24, 2.45) is 0 Å². The minimum atomic E-state index is -0.472. The van der Waals surface area contributed by atoms with Crippen molar-refractivity contribution in [3.63, 3.8) is 0 Å². The van der Waals surface area contributed by atoms with Crippen LogP contribution >= 0.6 is 11.6 Å². The molecule has 2 aromatic rings. The van der Waals surface area contributed by atoms with Gasteiger partial charge >= 0.3 is 0 Å². The third-order valence-corrected chi connectivity index (χ3v) is 2.58. The van der Waals surface area contributed by atoms with E-state index in [1.54, 1.807) is 18.2 Å². The molecule has 0 bridgehead atoms. The molecule has 0 unspecified atom stereocenters. The summed E-state index contributed by atoms with van der Waals surface area (Å²) in [6, 6.07) is 6.37. The van der Waals surface area contributed by atoms with Crippen LogP contribution in [0.1, 0.15) is 0 Å². The van der Waals surface area contributed by atoms with Crippen LogP contribution in [0.3, 0.4) is 0 Å². The van der Waals surface area contributed by atoms with Crippen LogP contribution in [0.4, 0.5) is 10.1 Å². The molecular formula is C12H10ClFN2O. The lowest BCUT2D eigenvalue weighted by Gasteiger charge is -2.08. The monoisotopic (exact) mass is 252 g/mol. The van der Waals surface area contributed by atoms with Gasteiger partial charge in [-0.2, -0.15) is 0 Å². The van der Waals surface area contributed by atoms with Crippen molar-refractivity contribution in [1.29, 1.82) is 0 Å². The molecular weight excluding hydrogens is 243 g/mol. The summed E-state index contributed by atoms with van der Waals surface area (Å²) in [7, 11) is 1.46.